The van der Waals surface area contributed by atoms with Crippen molar-refractivity contribution in [2.45, 2.75) is 25.7 Å². The van der Waals surface area contributed by atoms with Gasteiger partial charge in [0.05, 0.1) is 17.9 Å². The van der Waals surface area contributed by atoms with Gasteiger partial charge in [0.1, 0.15) is 11.4 Å². The third-order valence-electron chi connectivity index (χ3n) is 7.00. The van der Waals surface area contributed by atoms with Crippen molar-refractivity contribution < 1.29 is 14.3 Å². The Bertz CT molecular complexity index is 1210. The highest BCUT2D eigenvalue weighted by molar-refractivity contribution is 5.97. The van der Waals surface area contributed by atoms with Gasteiger partial charge >= 0.3 is 0 Å². The van der Waals surface area contributed by atoms with E-state index in [-0.39, 0.29) is 17.2 Å². The molecule has 2 N–H and O–H groups in total. The molecule has 1 spiro atoms. The molecule has 3 heterocycles. The fraction of sp³-hybridized carbons (Fsp3) is 0.321. The average Bonchev–Trinajstić information content (AvgIpc) is 3.40. The van der Waals surface area contributed by atoms with E-state index in [1.54, 1.807) is 6.07 Å². The van der Waals surface area contributed by atoms with Crippen LogP contribution < -0.4 is 10.1 Å². The number of amides is 2. The average molecular weight is 471 g/mol. The number of nitrogens with one attached hydrogen (secondary N) is 2. The Morgan fingerprint density at radius 3 is 2.60 bits per heavy atom. The molecule has 0 radical (unpaired) electrons. The Labute approximate surface area is 205 Å². The van der Waals surface area contributed by atoms with Gasteiger partial charge in [-0.1, -0.05) is 54.6 Å². The zero-order chi connectivity index (χ0) is 24.1. The lowest BCUT2D eigenvalue weighted by atomic mass is 9.75. The largest absolute Gasteiger partial charge is 0.492 e. The number of benzene rings is 2. The lowest BCUT2D eigenvalue weighted by molar-refractivity contribution is 0.0561. The Kier molecular flexibility index (Phi) is 6.66. The number of para-hydroxylation sites is 1. The number of hydrogen-bond donors (Lipinski definition) is 2. The molecule has 0 atom stereocenters. The third kappa shape index (κ3) is 5.14. The first-order chi connectivity index (χ1) is 17.1. The molecule has 7 heteroatoms. The first kappa shape index (κ1) is 22.9. The summed E-state index contributed by atoms with van der Waals surface area (Å²) in [5, 5.41) is 10.4. The first-order valence-electron chi connectivity index (χ1n) is 12.2. The molecule has 1 aromatic heterocycles. The Hall–Kier alpha value is -3.87. The topological polar surface area (TPSA) is 87.3 Å². The Balaban J connectivity index is 1.26. The number of H-pyrrole nitrogens is 1. The second kappa shape index (κ2) is 10.2. The highest BCUT2D eigenvalue weighted by Crippen LogP contribution is 2.36. The molecule has 5 rings (SSSR count). The van der Waals surface area contributed by atoms with Gasteiger partial charge in [-0.15, -0.1) is 0 Å². The first-order valence-corrected chi connectivity index (χ1v) is 12.2. The van der Waals surface area contributed by atoms with Gasteiger partial charge < -0.3 is 15.0 Å². The minimum Gasteiger partial charge on any atom is -0.492 e. The number of hydrogen-bond acceptors (Lipinski definition) is 4. The summed E-state index contributed by atoms with van der Waals surface area (Å²) in [5.74, 6) is 0.463. The Morgan fingerprint density at radius 1 is 1.00 bits per heavy atom. The molecule has 2 aliphatic rings. The molecule has 2 amide bonds. The molecule has 35 heavy (non-hydrogen) atoms. The van der Waals surface area contributed by atoms with Crippen LogP contribution in [0, 0.1) is 5.41 Å². The van der Waals surface area contributed by atoms with Crippen LogP contribution in [0.25, 0.3) is 11.3 Å². The van der Waals surface area contributed by atoms with Crippen LogP contribution in [-0.2, 0) is 0 Å². The predicted molar refractivity (Wildman–Crippen MR) is 134 cm³/mol. The fourth-order valence-corrected chi connectivity index (χ4v) is 4.83. The van der Waals surface area contributed by atoms with E-state index in [1.807, 2.05) is 59.5 Å². The van der Waals surface area contributed by atoms with Gasteiger partial charge in [-0.05, 0) is 49.3 Å². The smallest absolute Gasteiger partial charge is 0.271 e. The van der Waals surface area contributed by atoms with Crippen LogP contribution in [0.3, 0.4) is 0 Å². The number of rotatable bonds is 2. The molecule has 0 aliphatic carbocycles. The summed E-state index contributed by atoms with van der Waals surface area (Å²) in [7, 11) is 0. The van der Waals surface area contributed by atoms with Crippen LogP contribution in [0.4, 0.5) is 0 Å². The molecule has 1 saturated heterocycles. The number of fused-ring (bicyclic) bond motifs is 1. The minimum atomic E-state index is -0.117. The number of piperidine rings is 1. The van der Waals surface area contributed by atoms with Crippen LogP contribution in [-0.4, -0.2) is 53.2 Å². The molecule has 2 aromatic carbocycles. The van der Waals surface area contributed by atoms with Gasteiger partial charge in [0.25, 0.3) is 11.8 Å². The number of nitrogens with zero attached hydrogens (tertiary/aromatic N) is 2. The summed E-state index contributed by atoms with van der Waals surface area (Å²) in [6.07, 6.45) is 7.64. The van der Waals surface area contributed by atoms with Gasteiger partial charge in [-0.3, -0.25) is 14.7 Å². The van der Waals surface area contributed by atoms with Gasteiger partial charge in [-0.25, -0.2) is 0 Å². The monoisotopic (exact) mass is 470 g/mol. The van der Waals surface area contributed by atoms with Gasteiger partial charge in [0, 0.05) is 25.2 Å². The van der Waals surface area contributed by atoms with Crippen molar-refractivity contribution >= 4 is 11.8 Å². The highest BCUT2D eigenvalue weighted by Gasteiger charge is 2.36. The van der Waals surface area contributed by atoms with Crippen LogP contribution >= 0.6 is 0 Å². The normalized spacial score (nSPS) is 19.0. The van der Waals surface area contributed by atoms with Crippen molar-refractivity contribution in [1.29, 1.82) is 0 Å². The van der Waals surface area contributed by atoms with E-state index in [0.29, 0.717) is 43.2 Å². The third-order valence-corrected chi connectivity index (χ3v) is 7.00. The maximum absolute atomic E-state index is 13.2. The van der Waals surface area contributed by atoms with E-state index >= 15 is 0 Å². The molecule has 180 valence electrons. The van der Waals surface area contributed by atoms with Crippen LogP contribution in [0.1, 0.15) is 46.5 Å². The summed E-state index contributed by atoms with van der Waals surface area (Å²) < 4.78 is 5.82. The molecule has 0 unspecified atom stereocenters. The highest BCUT2D eigenvalue weighted by atomic mass is 16.5. The number of aromatic nitrogens is 2. The predicted octanol–water partition coefficient (Wildman–Crippen LogP) is 4.46. The van der Waals surface area contributed by atoms with Crippen molar-refractivity contribution in [2.24, 2.45) is 5.41 Å². The SMILES string of the molecule is O=C1NCC2(C/C=C/CCOc3ccccc31)CCN(C(=O)c1cc(-c3ccccc3)n[nH]1)CC2. The number of carbonyl (C=O) groups excluding carboxylic acids is 2. The van der Waals surface area contributed by atoms with E-state index in [4.69, 9.17) is 4.74 Å². The van der Waals surface area contributed by atoms with Crippen molar-refractivity contribution in [3.05, 3.63) is 84.1 Å². The van der Waals surface area contributed by atoms with E-state index in [0.717, 1.165) is 36.9 Å². The number of ether oxygens (including phenoxy) is 1. The second-order valence-electron chi connectivity index (χ2n) is 9.32. The van der Waals surface area contributed by atoms with Crippen molar-refractivity contribution in [3.8, 4) is 17.0 Å². The maximum atomic E-state index is 13.2. The van der Waals surface area contributed by atoms with Crippen molar-refractivity contribution in [3.63, 3.8) is 0 Å². The zero-order valence-electron chi connectivity index (χ0n) is 19.7. The zero-order valence-corrected chi connectivity index (χ0v) is 19.7. The Morgan fingerprint density at radius 2 is 1.77 bits per heavy atom. The van der Waals surface area contributed by atoms with Crippen LogP contribution in [0.15, 0.2) is 72.8 Å². The molecular formula is C28H30N4O3. The molecule has 0 saturated carbocycles. The fourth-order valence-electron chi connectivity index (χ4n) is 4.83. The molecule has 7 nitrogen and oxygen atoms in total. The standard InChI is InChI=1S/C28H30N4O3/c33-26-22-11-5-6-12-25(22)35-18-8-2-7-13-28(20-29-26)14-16-32(17-15-28)27(34)24-19-23(30-31-24)21-9-3-1-4-10-21/h1-7,9-12,19H,8,13-18,20H2,(H,29,33)(H,30,31)/b7-2+. The van der Waals surface area contributed by atoms with E-state index in [9.17, 15) is 9.59 Å². The number of allylic oxidation sites excluding steroid dienone is 1. The number of carbonyl (C=O) groups is 2. The number of aromatic amines is 1. The van der Waals surface area contributed by atoms with E-state index < -0.39 is 0 Å². The summed E-state index contributed by atoms with van der Waals surface area (Å²) in [5.41, 5.74) is 2.72. The molecular weight excluding hydrogens is 440 g/mol. The minimum absolute atomic E-state index is 0.0339. The van der Waals surface area contributed by atoms with Gasteiger partial charge in [0.2, 0.25) is 0 Å². The summed E-state index contributed by atoms with van der Waals surface area (Å²) in [6, 6.07) is 19.0. The molecule has 3 aromatic rings. The van der Waals surface area contributed by atoms with Gasteiger partial charge in [0.15, 0.2) is 0 Å². The summed E-state index contributed by atoms with van der Waals surface area (Å²) in [4.78, 5) is 28.0. The van der Waals surface area contributed by atoms with Crippen LogP contribution in [0.5, 0.6) is 5.75 Å². The lowest BCUT2D eigenvalue weighted by Gasteiger charge is -2.41. The quantitative estimate of drug-likeness (QED) is 0.542. The molecule has 1 fully saturated rings. The van der Waals surface area contributed by atoms with Crippen LogP contribution in [0.2, 0.25) is 0 Å². The summed E-state index contributed by atoms with van der Waals surface area (Å²) >= 11 is 0. The lowest BCUT2D eigenvalue weighted by Crippen LogP contribution is -2.48. The maximum Gasteiger partial charge on any atom is 0.271 e. The summed E-state index contributed by atoms with van der Waals surface area (Å²) in [6.45, 7) is 2.38. The van der Waals surface area contributed by atoms with Crippen molar-refractivity contribution in [2.75, 3.05) is 26.2 Å². The molecule has 0 bridgehead atoms. The van der Waals surface area contributed by atoms with Crippen molar-refractivity contribution in [1.82, 2.24) is 20.4 Å². The van der Waals surface area contributed by atoms with E-state index in [2.05, 4.69) is 27.7 Å². The second-order valence-corrected chi connectivity index (χ2v) is 9.32. The number of likely N-dealkylation sites (tertiary alicyclic amines) is 1. The molecule has 2 aliphatic heterocycles. The van der Waals surface area contributed by atoms with E-state index in [1.165, 1.54) is 0 Å². The van der Waals surface area contributed by atoms with Gasteiger partial charge in [-0.2, -0.15) is 5.10 Å².